The molecule has 162 valence electrons. The van der Waals surface area contributed by atoms with Crippen LogP contribution in [0, 0.1) is 0 Å². The molecule has 1 aliphatic carbocycles. The number of aliphatic hydroxyl groups is 1. The smallest absolute Gasteiger partial charge is 0.308 e. The molecule has 3 amide bonds. The van der Waals surface area contributed by atoms with Crippen molar-refractivity contribution in [2.75, 3.05) is 24.7 Å². The molecule has 0 aromatic rings. The third-order valence-corrected chi connectivity index (χ3v) is 6.49. The summed E-state index contributed by atoms with van der Waals surface area (Å²) in [6.45, 7) is -0.601. The Morgan fingerprint density at radius 3 is 2.76 bits per heavy atom. The molecule has 0 spiro atoms. The number of amides is 3. The Morgan fingerprint density at radius 2 is 2.03 bits per heavy atom. The van der Waals surface area contributed by atoms with Crippen molar-refractivity contribution in [3.63, 3.8) is 0 Å². The highest BCUT2D eigenvalue weighted by atomic mass is 33.1. The van der Waals surface area contributed by atoms with Gasteiger partial charge in [-0.05, 0) is 25.3 Å². The van der Waals surface area contributed by atoms with Crippen molar-refractivity contribution in [1.29, 1.82) is 0 Å². The fraction of sp³-hybridized carbons (Fsp3) is 0.667. The number of esters is 1. The quantitative estimate of drug-likeness (QED) is 0.262. The minimum absolute atomic E-state index is 0.131. The molecule has 0 saturated heterocycles. The van der Waals surface area contributed by atoms with Gasteiger partial charge in [0, 0.05) is 17.5 Å². The van der Waals surface area contributed by atoms with Crippen LogP contribution in [-0.4, -0.2) is 71.6 Å². The van der Waals surface area contributed by atoms with E-state index in [4.69, 9.17) is 9.84 Å². The number of nitrogens with one attached hydrogen (secondary N) is 3. The molecule has 1 aliphatic heterocycles. The third kappa shape index (κ3) is 10.0. The zero-order chi connectivity index (χ0) is 21.1. The summed E-state index contributed by atoms with van der Waals surface area (Å²) in [5.41, 5.74) is 0. The zero-order valence-electron chi connectivity index (χ0n) is 16.1. The number of rotatable bonds is 5. The minimum Gasteiger partial charge on any atom is -0.458 e. The van der Waals surface area contributed by atoms with Crippen LogP contribution in [0.25, 0.3) is 0 Å². The first-order valence-electron chi connectivity index (χ1n) is 9.55. The second-order valence-electron chi connectivity index (χ2n) is 6.71. The van der Waals surface area contributed by atoms with Crippen LogP contribution < -0.4 is 16.0 Å². The summed E-state index contributed by atoms with van der Waals surface area (Å²) in [5.74, 6) is -0.535. The molecular formula is C18H27N3O6S2. The van der Waals surface area contributed by atoms with E-state index >= 15 is 0 Å². The van der Waals surface area contributed by atoms with E-state index in [0.717, 1.165) is 18.6 Å². The SMILES string of the molecule is O=C1C[C@H](OC(=O)CCO)/C=C/CCSSC[C@H](C(=O)NC2CC2)NC(=O)CN1. The lowest BCUT2D eigenvalue weighted by atomic mass is 10.2. The Bertz CT molecular complexity index is 627. The van der Waals surface area contributed by atoms with E-state index in [2.05, 4.69) is 16.0 Å². The lowest BCUT2D eigenvalue weighted by Crippen LogP contribution is -2.51. The average Bonchev–Trinajstić information content (AvgIpc) is 3.48. The van der Waals surface area contributed by atoms with Crippen LogP contribution in [0.15, 0.2) is 12.2 Å². The molecule has 1 saturated carbocycles. The van der Waals surface area contributed by atoms with Crippen molar-refractivity contribution in [2.24, 2.45) is 0 Å². The monoisotopic (exact) mass is 445 g/mol. The van der Waals surface area contributed by atoms with Gasteiger partial charge >= 0.3 is 5.97 Å². The summed E-state index contributed by atoms with van der Waals surface area (Å²) in [4.78, 5) is 48.3. The molecule has 0 bridgehead atoms. The van der Waals surface area contributed by atoms with E-state index < -0.39 is 29.9 Å². The normalized spacial score (nSPS) is 25.6. The molecule has 1 fully saturated rings. The van der Waals surface area contributed by atoms with E-state index in [0.29, 0.717) is 12.2 Å². The van der Waals surface area contributed by atoms with E-state index in [-0.39, 0.29) is 37.9 Å². The fourth-order valence-electron chi connectivity index (χ4n) is 2.40. The van der Waals surface area contributed by atoms with Gasteiger partial charge in [0.25, 0.3) is 0 Å². The largest absolute Gasteiger partial charge is 0.458 e. The van der Waals surface area contributed by atoms with Crippen molar-refractivity contribution in [3.8, 4) is 0 Å². The molecule has 29 heavy (non-hydrogen) atoms. The highest BCUT2D eigenvalue weighted by Gasteiger charge is 2.28. The highest BCUT2D eigenvalue weighted by molar-refractivity contribution is 8.76. The van der Waals surface area contributed by atoms with Gasteiger partial charge in [0.2, 0.25) is 17.7 Å². The summed E-state index contributed by atoms with van der Waals surface area (Å²) < 4.78 is 5.19. The maximum atomic E-state index is 12.3. The molecule has 0 unspecified atom stereocenters. The average molecular weight is 446 g/mol. The molecule has 1 heterocycles. The van der Waals surface area contributed by atoms with Crippen LogP contribution in [0.2, 0.25) is 0 Å². The van der Waals surface area contributed by atoms with E-state index in [9.17, 15) is 19.2 Å². The first-order chi connectivity index (χ1) is 14.0. The van der Waals surface area contributed by atoms with E-state index in [1.165, 1.54) is 10.8 Å². The third-order valence-electron chi connectivity index (χ3n) is 4.04. The summed E-state index contributed by atoms with van der Waals surface area (Å²) >= 11 is 0. The maximum absolute atomic E-state index is 12.3. The Hall–Kier alpha value is -1.72. The number of hydrogen-bond acceptors (Lipinski definition) is 8. The number of aliphatic hydroxyl groups excluding tert-OH is 1. The Kier molecular flexibility index (Phi) is 10.4. The topological polar surface area (TPSA) is 134 Å². The van der Waals surface area contributed by atoms with Crippen LogP contribution in [0.3, 0.4) is 0 Å². The van der Waals surface area contributed by atoms with E-state index in [1.807, 2.05) is 6.08 Å². The highest BCUT2D eigenvalue weighted by Crippen LogP contribution is 2.24. The van der Waals surface area contributed by atoms with E-state index in [1.54, 1.807) is 16.9 Å². The molecule has 2 rings (SSSR count). The second kappa shape index (κ2) is 12.8. The molecule has 0 aromatic carbocycles. The van der Waals surface area contributed by atoms with Crippen molar-refractivity contribution >= 4 is 45.3 Å². The van der Waals surface area contributed by atoms with Gasteiger partial charge in [-0.2, -0.15) is 0 Å². The number of hydrogen-bond donors (Lipinski definition) is 4. The van der Waals surface area contributed by atoms with Crippen LogP contribution >= 0.6 is 21.6 Å². The molecule has 0 aromatic heterocycles. The summed E-state index contributed by atoms with van der Waals surface area (Å²) in [7, 11) is 3.07. The Balaban J connectivity index is 1.94. The fourth-order valence-corrected chi connectivity index (χ4v) is 4.56. The molecule has 4 N–H and O–H groups in total. The van der Waals surface area contributed by atoms with Crippen LogP contribution in [-0.2, 0) is 23.9 Å². The van der Waals surface area contributed by atoms with Crippen molar-refractivity contribution in [1.82, 2.24) is 16.0 Å². The molecule has 9 nitrogen and oxygen atoms in total. The van der Waals surface area contributed by atoms with Crippen molar-refractivity contribution < 1.29 is 29.0 Å². The van der Waals surface area contributed by atoms with Crippen molar-refractivity contribution in [3.05, 3.63) is 12.2 Å². The van der Waals surface area contributed by atoms with Crippen LogP contribution in [0.5, 0.6) is 0 Å². The van der Waals surface area contributed by atoms with Crippen LogP contribution in [0.4, 0.5) is 0 Å². The minimum atomic E-state index is -0.767. The zero-order valence-corrected chi connectivity index (χ0v) is 17.7. The second-order valence-corrected chi connectivity index (χ2v) is 9.34. The summed E-state index contributed by atoms with van der Waals surface area (Å²) in [6, 6.07) is -0.464. The maximum Gasteiger partial charge on any atom is 0.308 e. The van der Waals surface area contributed by atoms with Gasteiger partial charge in [-0.15, -0.1) is 0 Å². The van der Waals surface area contributed by atoms with Gasteiger partial charge in [0.05, 0.1) is 26.0 Å². The number of carbonyl (C=O) groups excluding carboxylic acids is 4. The molecule has 2 atom stereocenters. The predicted octanol–water partition coefficient (Wildman–Crippen LogP) is -0.108. The summed E-state index contributed by atoms with van der Waals surface area (Å²) in [6.07, 6.45) is 5.04. The van der Waals surface area contributed by atoms with Crippen molar-refractivity contribution in [2.45, 2.75) is 50.3 Å². The number of carbonyl (C=O) groups is 4. The lowest BCUT2D eigenvalue weighted by molar-refractivity contribution is -0.148. The molecular weight excluding hydrogens is 418 g/mol. The standard InChI is InChI=1S/C18H27N3O6S2/c22-7-6-17(25)27-13-3-1-2-8-28-29-11-14(18(26)20-12-4-5-12)21-16(24)10-19-15(23)9-13/h1,3,12-14,22H,2,4-11H2,(H,19,23)(H,20,26)(H,21,24)/b3-1+/t13-,14-/m1/s1. The van der Waals surface area contributed by atoms with Gasteiger partial charge in [0.15, 0.2) is 0 Å². The van der Waals surface area contributed by atoms with Gasteiger partial charge < -0.3 is 25.8 Å². The molecule has 0 radical (unpaired) electrons. The van der Waals surface area contributed by atoms with Crippen LogP contribution in [0.1, 0.15) is 32.1 Å². The Morgan fingerprint density at radius 1 is 1.24 bits per heavy atom. The predicted molar refractivity (Wildman–Crippen MR) is 111 cm³/mol. The van der Waals surface area contributed by atoms with Gasteiger partial charge in [-0.3, -0.25) is 19.2 Å². The number of allylic oxidation sites excluding steroid dienone is 1. The number of ether oxygens (including phenoxy) is 1. The van der Waals surface area contributed by atoms with Gasteiger partial charge in [-0.25, -0.2) is 0 Å². The van der Waals surface area contributed by atoms with Gasteiger partial charge in [0.1, 0.15) is 12.1 Å². The van der Waals surface area contributed by atoms with Gasteiger partial charge in [-0.1, -0.05) is 27.7 Å². The first kappa shape index (κ1) is 23.6. The molecule has 11 heteroatoms. The first-order valence-corrected chi connectivity index (χ1v) is 12.0. The molecule has 2 aliphatic rings. The Labute approximate surface area is 177 Å². The lowest BCUT2D eigenvalue weighted by Gasteiger charge is -2.18. The summed E-state index contributed by atoms with van der Waals surface area (Å²) in [5, 5.41) is 16.9.